The highest BCUT2D eigenvalue weighted by Gasteiger charge is 2.33. The van der Waals surface area contributed by atoms with E-state index in [1.807, 2.05) is 0 Å². The Hall–Kier alpha value is -1.83. The minimum absolute atomic E-state index is 0.0476. The van der Waals surface area contributed by atoms with Crippen molar-refractivity contribution >= 4 is 46.7 Å². The van der Waals surface area contributed by atoms with E-state index in [4.69, 9.17) is 23.2 Å². The normalized spacial score (nSPS) is 18.0. The van der Waals surface area contributed by atoms with Crippen molar-refractivity contribution in [3.8, 4) is 0 Å². The molecule has 0 spiro atoms. The molecule has 0 saturated carbocycles. The number of benzene rings is 1. The number of nitrogens with one attached hydrogen (secondary N) is 2. The van der Waals surface area contributed by atoms with Crippen LogP contribution in [0.3, 0.4) is 0 Å². The van der Waals surface area contributed by atoms with Gasteiger partial charge in [-0.25, -0.2) is 0 Å². The number of hydrogen-bond acceptors (Lipinski definition) is 5. The second-order valence-electron chi connectivity index (χ2n) is 5.23. The first-order valence-corrected chi connectivity index (χ1v) is 7.99. The zero-order chi connectivity index (χ0) is 17.7. The summed E-state index contributed by atoms with van der Waals surface area (Å²) in [7, 11) is 1.25. The molecule has 130 valence electrons. The van der Waals surface area contributed by atoms with Crippen LogP contribution in [0.1, 0.15) is 6.42 Å². The molecule has 24 heavy (non-hydrogen) atoms. The van der Waals surface area contributed by atoms with Gasteiger partial charge in [0.05, 0.1) is 30.8 Å². The van der Waals surface area contributed by atoms with Crippen molar-refractivity contribution in [3.05, 3.63) is 28.2 Å². The molecule has 0 radical (unpaired) electrons. The molecule has 0 aliphatic carbocycles. The summed E-state index contributed by atoms with van der Waals surface area (Å²) < 4.78 is 4.60. The van der Waals surface area contributed by atoms with Gasteiger partial charge in [0.15, 0.2) is 0 Å². The van der Waals surface area contributed by atoms with Crippen molar-refractivity contribution in [3.63, 3.8) is 0 Å². The number of nitrogens with zero attached hydrogens (tertiary/aromatic N) is 1. The molecule has 1 aliphatic rings. The van der Waals surface area contributed by atoms with Crippen LogP contribution < -0.4 is 10.6 Å². The zero-order valence-corrected chi connectivity index (χ0v) is 14.5. The molecule has 1 fully saturated rings. The molecule has 2 amide bonds. The average molecular weight is 374 g/mol. The Balaban J connectivity index is 2.02. The van der Waals surface area contributed by atoms with Crippen molar-refractivity contribution in [1.29, 1.82) is 0 Å². The van der Waals surface area contributed by atoms with Crippen LogP contribution in [-0.4, -0.2) is 55.5 Å². The van der Waals surface area contributed by atoms with E-state index in [0.29, 0.717) is 28.8 Å². The maximum Gasteiger partial charge on any atom is 0.307 e. The van der Waals surface area contributed by atoms with Crippen molar-refractivity contribution in [2.45, 2.75) is 12.5 Å². The monoisotopic (exact) mass is 373 g/mol. The summed E-state index contributed by atoms with van der Waals surface area (Å²) in [6, 6.07) is 3.99. The van der Waals surface area contributed by atoms with Gasteiger partial charge in [0, 0.05) is 18.1 Å². The summed E-state index contributed by atoms with van der Waals surface area (Å²) in [5.41, 5.74) is 0.428. The van der Waals surface area contributed by atoms with Crippen LogP contribution in [-0.2, 0) is 19.1 Å². The number of methoxy groups -OCH3 is 1. The van der Waals surface area contributed by atoms with Gasteiger partial charge in [-0.1, -0.05) is 23.2 Å². The summed E-state index contributed by atoms with van der Waals surface area (Å²) >= 11 is 11.8. The van der Waals surface area contributed by atoms with Crippen LogP contribution in [0.5, 0.6) is 0 Å². The van der Waals surface area contributed by atoms with E-state index >= 15 is 0 Å². The first kappa shape index (κ1) is 18.5. The van der Waals surface area contributed by atoms with Crippen LogP contribution in [0, 0.1) is 0 Å². The lowest BCUT2D eigenvalue weighted by Crippen LogP contribution is -2.57. The summed E-state index contributed by atoms with van der Waals surface area (Å²) in [4.78, 5) is 37.3. The minimum Gasteiger partial charge on any atom is -0.469 e. The predicted octanol–water partition coefficient (Wildman–Crippen LogP) is 1.30. The molecule has 1 atom stereocenters. The number of amides is 2. The van der Waals surface area contributed by atoms with E-state index in [9.17, 15) is 14.4 Å². The smallest absolute Gasteiger partial charge is 0.307 e. The highest BCUT2D eigenvalue weighted by Crippen LogP contribution is 2.25. The fourth-order valence-electron chi connectivity index (χ4n) is 2.38. The van der Waals surface area contributed by atoms with Gasteiger partial charge in [-0.3, -0.25) is 19.3 Å². The third-order valence-electron chi connectivity index (χ3n) is 3.58. The van der Waals surface area contributed by atoms with Crippen LogP contribution in [0.2, 0.25) is 10.0 Å². The zero-order valence-electron chi connectivity index (χ0n) is 13.0. The Bertz CT molecular complexity index is 654. The second-order valence-corrected chi connectivity index (χ2v) is 6.07. The van der Waals surface area contributed by atoms with Crippen molar-refractivity contribution < 1.29 is 19.1 Å². The summed E-state index contributed by atoms with van der Waals surface area (Å²) in [6.45, 7) is 0.814. The molecule has 7 nitrogen and oxygen atoms in total. The van der Waals surface area contributed by atoms with Gasteiger partial charge in [0.25, 0.3) is 0 Å². The van der Waals surface area contributed by atoms with Gasteiger partial charge in [0.2, 0.25) is 11.8 Å². The summed E-state index contributed by atoms with van der Waals surface area (Å²) in [5, 5.41) is 6.12. The molecule has 2 rings (SSSR count). The highest BCUT2D eigenvalue weighted by molar-refractivity contribution is 6.36. The Morgan fingerprint density at radius 1 is 1.42 bits per heavy atom. The molecule has 9 heteroatoms. The SMILES string of the molecule is COC(=O)C[C@@H]1C(=O)NCCN1CC(=O)Nc1ccc(Cl)cc1Cl. The van der Waals surface area contributed by atoms with E-state index in [1.54, 1.807) is 17.0 Å². The Morgan fingerprint density at radius 2 is 2.17 bits per heavy atom. The third kappa shape index (κ3) is 4.83. The fraction of sp³-hybridized carbons (Fsp3) is 0.400. The number of carbonyl (C=O) groups is 3. The van der Waals surface area contributed by atoms with Crippen molar-refractivity contribution in [1.82, 2.24) is 10.2 Å². The molecule has 1 saturated heterocycles. The van der Waals surface area contributed by atoms with Gasteiger partial charge < -0.3 is 15.4 Å². The van der Waals surface area contributed by atoms with E-state index in [-0.39, 0.29) is 24.8 Å². The lowest BCUT2D eigenvalue weighted by Gasteiger charge is -2.33. The summed E-state index contributed by atoms with van der Waals surface area (Å²) in [5.74, 6) is -1.16. The number of piperazine rings is 1. The van der Waals surface area contributed by atoms with Gasteiger partial charge in [-0.2, -0.15) is 0 Å². The maximum absolute atomic E-state index is 12.2. The molecule has 0 bridgehead atoms. The number of carbonyl (C=O) groups excluding carboxylic acids is 3. The molecule has 0 unspecified atom stereocenters. The quantitative estimate of drug-likeness (QED) is 0.759. The molecule has 0 aromatic heterocycles. The first-order chi connectivity index (χ1) is 11.4. The fourth-order valence-corrected chi connectivity index (χ4v) is 2.84. The molecule has 1 aliphatic heterocycles. The third-order valence-corrected chi connectivity index (χ3v) is 4.13. The predicted molar refractivity (Wildman–Crippen MR) is 90.1 cm³/mol. The molecular weight excluding hydrogens is 357 g/mol. The largest absolute Gasteiger partial charge is 0.469 e. The molecule has 1 aromatic carbocycles. The van der Waals surface area contributed by atoms with E-state index in [0.717, 1.165) is 0 Å². The Morgan fingerprint density at radius 3 is 2.83 bits per heavy atom. The van der Waals surface area contributed by atoms with Gasteiger partial charge >= 0.3 is 5.97 Å². The Kier molecular flexibility index (Phi) is 6.42. The van der Waals surface area contributed by atoms with E-state index in [1.165, 1.54) is 13.2 Å². The average Bonchev–Trinajstić information content (AvgIpc) is 2.53. The lowest BCUT2D eigenvalue weighted by atomic mass is 10.1. The van der Waals surface area contributed by atoms with Gasteiger partial charge in [-0.05, 0) is 18.2 Å². The van der Waals surface area contributed by atoms with Crippen LogP contribution in [0.4, 0.5) is 5.69 Å². The van der Waals surface area contributed by atoms with E-state index < -0.39 is 12.0 Å². The van der Waals surface area contributed by atoms with Gasteiger partial charge in [-0.15, -0.1) is 0 Å². The summed E-state index contributed by atoms with van der Waals surface area (Å²) in [6.07, 6.45) is -0.114. The highest BCUT2D eigenvalue weighted by atomic mass is 35.5. The van der Waals surface area contributed by atoms with Gasteiger partial charge in [0.1, 0.15) is 6.04 Å². The first-order valence-electron chi connectivity index (χ1n) is 7.24. The van der Waals surface area contributed by atoms with E-state index in [2.05, 4.69) is 15.4 Å². The molecule has 1 aromatic rings. The van der Waals surface area contributed by atoms with Crippen LogP contribution >= 0.6 is 23.2 Å². The number of halogens is 2. The molecule has 2 N–H and O–H groups in total. The number of esters is 1. The number of anilines is 1. The van der Waals surface area contributed by atoms with Crippen LogP contribution in [0.25, 0.3) is 0 Å². The molecule has 1 heterocycles. The number of rotatable bonds is 5. The standard InChI is InChI=1S/C15H17Cl2N3O4/c1-24-14(22)7-12-15(23)18-4-5-20(12)8-13(21)19-11-3-2-9(16)6-10(11)17/h2-3,6,12H,4-5,7-8H2,1H3,(H,18,23)(H,19,21)/t12-/m1/s1. The van der Waals surface area contributed by atoms with Crippen LogP contribution in [0.15, 0.2) is 18.2 Å². The van der Waals surface area contributed by atoms with Crippen molar-refractivity contribution in [2.24, 2.45) is 0 Å². The van der Waals surface area contributed by atoms with Crippen molar-refractivity contribution in [2.75, 3.05) is 32.1 Å². The lowest BCUT2D eigenvalue weighted by molar-refractivity contribution is -0.146. The number of ether oxygens (including phenoxy) is 1. The number of hydrogen-bond donors (Lipinski definition) is 2. The second kappa shape index (κ2) is 8.32. The minimum atomic E-state index is -0.738. The maximum atomic E-state index is 12.2. The topological polar surface area (TPSA) is 87.7 Å². The Labute approximate surface area is 149 Å². The molecular formula is C15H17Cl2N3O4.